The van der Waals surface area contributed by atoms with Crippen LogP contribution in [0.3, 0.4) is 0 Å². The highest BCUT2D eigenvalue weighted by atomic mass is 19.1. The largest absolute Gasteiger partial charge is 0.489 e. The van der Waals surface area contributed by atoms with E-state index >= 15 is 0 Å². The second kappa shape index (κ2) is 7.66. The number of carbonyl (C=O) groups is 1. The summed E-state index contributed by atoms with van der Waals surface area (Å²) in [5.74, 6) is 0.136. The highest BCUT2D eigenvalue weighted by Gasteiger charge is 2.31. The number of hydrogen-bond acceptors (Lipinski definition) is 3. The summed E-state index contributed by atoms with van der Waals surface area (Å²) in [6.45, 7) is 2.92. The smallest absolute Gasteiger partial charge is 0.234 e. The van der Waals surface area contributed by atoms with Crippen molar-refractivity contribution in [3.05, 3.63) is 65.5 Å². The van der Waals surface area contributed by atoms with Crippen LogP contribution in [0.2, 0.25) is 0 Å². The number of hydrogen-bond donors (Lipinski definition) is 1. The third-order valence-corrected chi connectivity index (χ3v) is 4.82. The summed E-state index contributed by atoms with van der Waals surface area (Å²) in [6.07, 6.45) is 2.06. The van der Waals surface area contributed by atoms with E-state index in [-0.39, 0.29) is 30.4 Å². The predicted molar refractivity (Wildman–Crippen MR) is 94.5 cm³/mol. The number of ether oxygens (including phenoxy) is 1. The Bertz CT molecular complexity index is 733. The van der Waals surface area contributed by atoms with Gasteiger partial charge >= 0.3 is 0 Å². The fraction of sp³-hybridized carbons (Fsp3) is 0.350. The highest BCUT2D eigenvalue weighted by molar-refractivity contribution is 5.79. The number of amides is 1. The lowest BCUT2D eigenvalue weighted by molar-refractivity contribution is -0.123. The minimum Gasteiger partial charge on any atom is -0.489 e. The minimum absolute atomic E-state index is 0.195. The lowest BCUT2D eigenvalue weighted by Gasteiger charge is -2.29. The van der Waals surface area contributed by atoms with Crippen molar-refractivity contribution < 1.29 is 13.9 Å². The van der Waals surface area contributed by atoms with Crippen LogP contribution in [0.5, 0.6) is 5.75 Å². The summed E-state index contributed by atoms with van der Waals surface area (Å²) in [4.78, 5) is 13.6. The van der Waals surface area contributed by atoms with E-state index in [2.05, 4.69) is 4.90 Å². The SMILES string of the molecule is C[C@@H](C(N)=O)N1CCCC1c1ccc(OCc2ccccc2F)cc1. The molecule has 1 amide bonds. The molecule has 1 heterocycles. The first-order valence-corrected chi connectivity index (χ1v) is 8.57. The fourth-order valence-electron chi connectivity index (χ4n) is 3.34. The third-order valence-electron chi connectivity index (χ3n) is 4.82. The van der Waals surface area contributed by atoms with Gasteiger partial charge in [0.15, 0.2) is 0 Å². The zero-order valence-corrected chi connectivity index (χ0v) is 14.3. The van der Waals surface area contributed by atoms with E-state index in [9.17, 15) is 9.18 Å². The molecule has 1 fully saturated rings. The van der Waals surface area contributed by atoms with Crippen molar-refractivity contribution in [2.24, 2.45) is 5.73 Å². The van der Waals surface area contributed by atoms with Crippen LogP contribution in [0, 0.1) is 5.82 Å². The zero-order chi connectivity index (χ0) is 17.8. The predicted octanol–water partition coefficient (Wildman–Crippen LogP) is 3.42. The maximum atomic E-state index is 13.6. The van der Waals surface area contributed by atoms with Crippen molar-refractivity contribution in [3.63, 3.8) is 0 Å². The van der Waals surface area contributed by atoms with Gasteiger partial charge < -0.3 is 10.5 Å². The number of benzene rings is 2. The van der Waals surface area contributed by atoms with Crippen LogP contribution >= 0.6 is 0 Å². The molecule has 0 aromatic heterocycles. The van der Waals surface area contributed by atoms with Gasteiger partial charge in [-0.15, -0.1) is 0 Å². The molecule has 5 heteroatoms. The molecular weight excluding hydrogens is 319 g/mol. The Kier molecular flexibility index (Phi) is 5.34. The maximum absolute atomic E-state index is 13.6. The first-order chi connectivity index (χ1) is 12.1. The number of halogens is 1. The Morgan fingerprint density at radius 3 is 2.68 bits per heavy atom. The van der Waals surface area contributed by atoms with Gasteiger partial charge in [-0.05, 0) is 50.1 Å². The Hall–Kier alpha value is -2.40. The van der Waals surface area contributed by atoms with E-state index in [0.717, 1.165) is 24.9 Å². The molecule has 2 N–H and O–H groups in total. The molecule has 25 heavy (non-hydrogen) atoms. The van der Waals surface area contributed by atoms with Crippen molar-refractivity contribution in [2.45, 2.75) is 38.5 Å². The lowest BCUT2D eigenvalue weighted by atomic mass is 10.0. The Labute approximate surface area is 147 Å². The molecule has 1 unspecified atom stereocenters. The van der Waals surface area contributed by atoms with Crippen LogP contribution in [0.15, 0.2) is 48.5 Å². The normalized spacial score (nSPS) is 18.9. The highest BCUT2D eigenvalue weighted by Crippen LogP contribution is 2.34. The van der Waals surface area contributed by atoms with Crippen molar-refractivity contribution in [1.82, 2.24) is 4.90 Å². The van der Waals surface area contributed by atoms with E-state index in [1.54, 1.807) is 18.2 Å². The van der Waals surface area contributed by atoms with Crippen molar-refractivity contribution in [1.29, 1.82) is 0 Å². The van der Waals surface area contributed by atoms with Gasteiger partial charge in [0.1, 0.15) is 18.2 Å². The lowest BCUT2D eigenvalue weighted by Crippen LogP contribution is -2.42. The molecule has 1 aliphatic heterocycles. The summed E-state index contributed by atoms with van der Waals surface area (Å²) >= 11 is 0. The van der Waals surface area contributed by atoms with Gasteiger partial charge in [0.2, 0.25) is 5.91 Å². The molecule has 0 bridgehead atoms. The standard InChI is InChI=1S/C20H23FN2O2/c1-14(20(22)24)23-12-4-7-19(23)15-8-10-17(11-9-15)25-13-16-5-2-3-6-18(16)21/h2-3,5-6,8-11,14,19H,4,7,12-13H2,1H3,(H2,22,24)/t14-,19?/m0/s1. The van der Waals surface area contributed by atoms with E-state index in [0.29, 0.717) is 11.3 Å². The van der Waals surface area contributed by atoms with E-state index in [1.165, 1.54) is 6.07 Å². The molecule has 0 saturated carbocycles. The van der Waals surface area contributed by atoms with Crippen LogP contribution in [-0.4, -0.2) is 23.4 Å². The van der Waals surface area contributed by atoms with Crippen LogP contribution < -0.4 is 10.5 Å². The number of carbonyl (C=O) groups excluding carboxylic acids is 1. The van der Waals surface area contributed by atoms with Crippen LogP contribution in [0.4, 0.5) is 4.39 Å². The van der Waals surface area contributed by atoms with Gasteiger partial charge in [0.05, 0.1) is 6.04 Å². The fourth-order valence-corrected chi connectivity index (χ4v) is 3.34. The molecule has 4 nitrogen and oxygen atoms in total. The van der Waals surface area contributed by atoms with Crippen molar-refractivity contribution >= 4 is 5.91 Å². The number of primary amides is 1. The second-order valence-electron chi connectivity index (χ2n) is 6.42. The van der Waals surface area contributed by atoms with Crippen molar-refractivity contribution in [3.8, 4) is 5.75 Å². The summed E-state index contributed by atoms with van der Waals surface area (Å²) in [5, 5.41) is 0. The molecule has 1 saturated heterocycles. The number of likely N-dealkylation sites (tertiary alicyclic amines) is 1. The molecule has 132 valence electrons. The third kappa shape index (κ3) is 3.99. The van der Waals surface area contributed by atoms with Gasteiger partial charge in [-0.3, -0.25) is 9.69 Å². The Morgan fingerprint density at radius 2 is 2.00 bits per heavy atom. The van der Waals surface area contributed by atoms with Crippen LogP contribution in [-0.2, 0) is 11.4 Å². The molecule has 1 aliphatic rings. The van der Waals surface area contributed by atoms with Gasteiger partial charge in [-0.25, -0.2) is 4.39 Å². The van der Waals surface area contributed by atoms with Crippen molar-refractivity contribution in [2.75, 3.05) is 6.54 Å². The molecular formula is C20H23FN2O2. The quantitative estimate of drug-likeness (QED) is 0.875. The number of nitrogens with two attached hydrogens (primary N) is 1. The molecule has 0 aliphatic carbocycles. The average molecular weight is 342 g/mol. The number of nitrogens with zero attached hydrogens (tertiary/aromatic N) is 1. The average Bonchev–Trinajstić information content (AvgIpc) is 3.10. The first-order valence-electron chi connectivity index (χ1n) is 8.57. The monoisotopic (exact) mass is 342 g/mol. The maximum Gasteiger partial charge on any atom is 0.234 e. The van der Waals surface area contributed by atoms with Gasteiger partial charge in [-0.2, -0.15) is 0 Å². The summed E-state index contributed by atoms with van der Waals surface area (Å²) in [7, 11) is 0. The molecule has 0 radical (unpaired) electrons. The molecule has 3 rings (SSSR count). The Morgan fingerprint density at radius 1 is 1.28 bits per heavy atom. The summed E-state index contributed by atoms with van der Waals surface area (Å²) in [5.41, 5.74) is 7.13. The summed E-state index contributed by atoms with van der Waals surface area (Å²) < 4.78 is 19.3. The van der Waals surface area contributed by atoms with Gasteiger partial charge in [-0.1, -0.05) is 30.3 Å². The van der Waals surface area contributed by atoms with E-state index < -0.39 is 0 Å². The summed E-state index contributed by atoms with van der Waals surface area (Å²) in [6, 6.07) is 14.3. The Balaban J connectivity index is 1.66. The molecule has 2 aromatic carbocycles. The second-order valence-corrected chi connectivity index (χ2v) is 6.42. The number of rotatable bonds is 6. The van der Waals surface area contributed by atoms with Crippen LogP contribution in [0.1, 0.15) is 36.9 Å². The molecule has 2 aromatic rings. The molecule has 0 spiro atoms. The van der Waals surface area contributed by atoms with E-state index in [1.807, 2.05) is 31.2 Å². The topological polar surface area (TPSA) is 55.6 Å². The van der Waals surface area contributed by atoms with Crippen LogP contribution in [0.25, 0.3) is 0 Å². The zero-order valence-electron chi connectivity index (χ0n) is 14.3. The van der Waals surface area contributed by atoms with E-state index in [4.69, 9.17) is 10.5 Å². The van der Waals surface area contributed by atoms with Gasteiger partial charge in [0, 0.05) is 11.6 Å². The molecule has 2 atom stereocenters. The minimum atomic E-state index is -0.295. The first kappa shape index (κ1) is 17.4. The van der Waals surface area contributed by atoms with Gasteiger partial charge in [0.25, 0.3) is 0 Å².